The maximum atomic E-state index is 14.0. The summed E-state index contributed by atoms with van der Waals surface area (Å²) >= 11 is 0. The Morgan fingerprint density at radius 2 is 1.83 bits per heavy atom. The lowest BCUT2D eigenvalue weighted by Crippen LogP contribution is -2.18. The minimum absolute atomic E-state index is 0.112. The van der Waals surface area contributed by atoms with E-state index < -0.39 is 11.7 Å². The average Bonchev–Trinajstić information content (AvgIpc) is 3.30. The van der Waals surface area contributed by atoms with Gasteiger partial charge in [-0.2, -0.15) is 5.10 Å². The number of anilines is 1. The molecule has 0 unspecified atom stereocenters. The number of furan rings is 1. The van der Waals surface area contributed by atoms with Crippen molar-refractivity contribution in [3.8, 4) is 17.1 Å². The molecule has 0 aliphatic rings. The maximum absolute atomic E-state index is 14.0. The molecule has 0 saturated carbocycles. The van der Waals surface area contributed by atoms with E-state index in [1.807, 2.05) is 51.1 Å². The number of nitrogens with one attached hydrogen (secondary N) is 1. The molecule has 4 rings (SSSR count). The number of hydrogen-bond donors (Lipinski definition) is 1. The quantitative estimate of drug-likeness (QED) is 0.505. The van der Waals surface area contributed by atoms with Gasteiger partial charge in [-0.25, -0.2) is 9.07 Å². The molecular formula is C23H20FN3O2. The summed E-state index contributed by atoms with van der Waals surface area (Å²) in [6.45, 7) is 5.80. The predicted octanol–water partition coefficient (Wildman–Crippen LogP) is 5.45. The fourth-order valence-corrected chi connectivity index (χ4v) is 3.21. The first-order valence-corrected chi connectivity index (χ1v) is 9.23. The summed E-state index contributed by atoms with van der Waals surface area (Å²) in [6, 6.07) is 17.2. The van der Waals surface area contributed by atoms with Crippen LogP contribution in [-0.4, -0.2) is 15.7 Å². The van der Waals surface area contributed by atoms with Crippen molar-refractivity contribution in [2.24, 2.45) is 0 Å². The Bertz CT molecular complexity index is 1210. The predicted molar refractivity (Wildman–Crippen MR) is 110 cm³/mol. The molecular weight excluding hydrogens is 369 g/mol. The summed E-state index contributed by atoms with van der Waals surface area (Å²) in [5, 5.41) is 7.24. The third-order valence-corrected chi connectivity index (χ3v) is 4.64. The van der Waals surface area contributed by atoms with E-state index in [0.717, 1.165) is 22.6 Å². The van der Waals surface area contributed by atoms with Crippen LogP contribution in [0.3, 0.4) is 0 Å². The van der Waals surface area contributed by atoms with E-state index in [9.17, 15) is 9.18 Å². The third-order valence-electron chi connectivity index (χ3n) is 4.64. The van der Waals surface area contributed by atoms with Crippen LogP contribution in [0.5, 0.6) is 0 Å². The molecule has 0 atom stereocenters. The zero-order valence-electron chi connectivity index (χ0n) is 16.4. The Kier molecular flexibility index (Phi) is 4.76. The van der Waals surface area contributed by atoms with Gasteiger partial charge in [0, 0.05) is 6.07 Å². The number of hydrogen-bond acceptors (Lipinski definition) is 3. The molecule has 0 fully saturated rings. The maximum Gasteiger partial charge on any atom is 0.274 e. The minimum atomic E-state index is -0.500. The number of nitrogens with zero attached hydrogens (tertiary/aromatic N) is 2. The first-order chi connectivity index (χ1) is 13.9. The minimum Gasteiger partial charge on any atom is -0.460 e. The van der Waals surface area contributed by atoms with Crippen molar-refractivity contribution in [3.05, 3.63) is 89.1 Å². The lowest BCUT2D eigenvalue weighted by Gasteiger charge is -2.11. The molecule has 0 aliphatic carbocycles. The molecule has 146 valence electrons. The molecule has 2 heterocycles. The summed E-state index contributed by atoms with van der Waals surface area (Å²) < 4.78 is 21.3. The molecule has 6 heteroatoms. The third kappa shape index (κ3) is 3.69. The fourth-order valence-electron chi connectivity index (χ4n) is 3.21. The van der Waals surface area contributed by atoms with Crippen molar-refractivity contribution in [2.45, 2.75) is 20.8 Å². The number of carbonyl (C=O) groups excluding carboxylic acids is 1. The molecule has 0 bridgehead atoms. The highest BCUT2D eigenvalue weighted by Gasteiger charge is 2.21. The Morgan fingerprint density at radius 1 is 1.03 bits per heavy atom. The van der Waals surface area contributed by atoms with E-state index in [1.165, 1.54) is 12.1 Å². The van der Waals surface area contributed by atoms with Crippen LogP contribution in [-0.2, 0) is 0 Å². The van der Waals surface area contributed by atoms with Gasteiger partial charge in [-0.05, 0) is 56.7 Å². The number of aryl methyl sites for hydroxylation is 3. The number of carbonyl (C=O) groups is 1. The van der Waals surface area contributed by atoms with Gasteiger partial charge in [-0.3, -0.25) is 4.79 Å². The summed E-state index contributed by atoms with van der Waals surface area (Å²) in [6.07, 6.45) is 0. The Morgan fingerprint density at radius 3 is 2.52 bits per heavy atom. The first kappa shape index (κ1) is 18.7. The van der Waals surface area contributed by atoms with Gasteiger partial charge in [0.25, 0.3) is 5.91 Å². The number of amides is 1. The number of para-hydroxylation sites is 1. The second-order valence-corrected chi connectivity index (χ2v) is 6.96. The number of rotatable bonds is 4. The van der Waals surface area contributed by atoms with Crippen LogP contribution in [0.4, 0.5) is 10.1 Å². The fraction of sp³-hybridized carbons (Fsp3) is 0.130. The molecule has 0 aliphatic heterocycles. The van der Waals surface area contributed by atoms with Crippen molar-refractivity contribution < 1.29 is 13.6 Å². The van der Waals surface area contributed by atoms with Crippen molar-refractivity contribution in [3.63, 3.8) is 0 Å². The zero-order valence-corrected chi connectivity index (χ0v) is 16.4. The SMILES string of the molecule is Cc1ccc(-n2nc(-c3ccc(C)o3)cc2C(=O)Nc2ccccc2F)c(C)c1. The summed E-state index contributed by atoms with van der Waals surface area (Å²) in [5.74, 6) is 0.349. The average molecular weight is 389 g/mol. The van der Waals surface area contributed by atoms with E-state index in [4.69, 9.17) is 4.42 Å². The number of benzene rings is 2. The molecule has 2 aromatic carbocycles. The molecule has 1 N–H and O–H groups in total. The zero-order chi connectivity index (χ0) is 20.5. The van der Waals surface area contributed by atoms with Gasteiger partial charge >= 0.3 is 0 Å². The van der Waals surface area contributed by atoms with Crippen molar-refractivity contribution in [1.82, 2.24) is 9.78 Å². The highest BCUT2D eigenvalue weighted by Crippen LogP contribution is 2.26. The van der Waals surface area contributed by atoms with E-state index in [-0.39, 0.29) is 11.4 Å². The molecule has 4 aromatic rings. The van der Waals surface area contributed by atoms with Crippen LogP contribution in [0.1, 0.15) is 27.4 Å². The highest BCUT2D eigenvalue weighted by molar-refractivity contribution is 6.04. The normalized spacial score (nSPS) is 10.9. The van der Waals surface area contributed by atoms with E-state index in [0.29, 0.717) is 11.5 Å². The monoisotopic (exact) mass is 389 g/mol. The molecule has 5 nitrogen and oxygen atoms in total. The van der Waals surface area contributed by atoms with Gasteiger partial charge in [0.15, 0.2) is 5.76 Å². The van der Waals surface area contributed by atoms with E-state index >= 15 is 0 Å². The van der Waals surface area contributed by atoms with Crippen molar-refractivity contribution >= 4 is 11.6 Å². The van der Waals surface area contributed by atoms with Gasteiger partial charge < -0.3 is 9.73 Å². The topological polar surface area (TPSA) is 60.1 Å². The second-order valence-electron chi connectivity index (χ2n) is 6.96. The van der Waals surface area contributed by atoms with E-state index in [2.05, 4.69) is 10.4 Å². The van der Waals surface area contributed by atoms with Gasteiger partial charge in [0.05, 0.1) is 11.4 Å². The van der Waals surface area contributed by atoms with Gasteiger partial charge in [0.1, 0.15) is 23.0 Å². The van der Waals surface area contributed by atoms with Crippen LogP contribution in [0.2, 0.25) is 0 Å². The summed E-state index contributed by atoms with van der Waals surface area (Å²) in [4.78, 5) is 13.0. The summed E-state index contributed by atoms with van der Waals surface area (Å²) in [5.41, 5.74) is 3.76. The van der Waals surface area contributed by atoms with Gasteiger partial charge in [-0.1, -0.05) is 29.8 Å². The van der Waals surface area contributed by atoms with Crippen LogP contribution in [0, 0.1) is 26.6 Å². The summed E-state index contributed by atoms with van der Waals surface area (Å²) in [7, 11) is 0. The van der Waals surface area contributed by atoms with Crippen molar-refractivity contribution in [2.75, 3.05) is 5.32 Å². The van der Waals surface area contributed by atoms with Gasteiger partial charge in [-0.15, -0.1) is 0 Å². The number of aromatic nitrogens is 2. The van der Waals surface area contributed by atoms with E-state index in [1.54, 1.807) is 22.9 Å². The van der Waals surface area contributed by atoms with Crippen LogP contribution in [0.25, 0.3) is 17.1 Å². The lowest BCUT2D eigenvalue weighted by molar-refractivity contribution is 0.101. The Hall–Kier alpha value is -3.67. The Labute approximate surface area is 167 Å². The molecule has 2 aromatic heterocycles. The first-order valence-electron chi connectivity index (χ1n) is 9.23. The molecule has 0 radical (unpaired) electrons. The second kappa shape index (κ2) is 7.39. The lowest BCUT2D eigenvalue weighted by atomic mass is 10.1. The van der Waals surface area contributed by atoms with Crippen LogP contribution >= 0.6 is 0 Å². The van der Waals surface area contributed by atoms with Crippen LogP contribution < -0.4 is 5.32 Å². The molecule has 1 amide bonds. The molecule has 0 spiro atoms. The van der Waals surface area contributed by atoms with Crippen LogP contribution in [0.15, 0.2) is 65.1 Å². The highest BCUT2D eigenvalue weighted by atomic mass is 19.1. The molecule has 0 saturated heterocycles. The smallest absolute Gasteiger partial charge is 0.274 e. The number of halogens is 1. The largest absolute Gasteiger partial charge is 0.460 e. The van der Waals surface area contributed by atoms with Gasteiger partial charge in [0.2, 0.25) is 0 Å². The molecule has 29 heavy (non-hydrogen) atoms. The standard InChI is InChI=1S/C23H20FN3O2/c1-14-8-10-20(15(2)12-14)27-21(13-19(26-27)22-11-9-16(3)29-22)23(28)25-18-7-5-4-6-17(18)24/h4-13H,1-3H3,(H,25,28). The Balaban J connectivity index is 1.81. The van der Waals surface area contributed by atoms with Crippen molar-refractivity contribution in [1.29, 1.82) is 0 Å².